The molecule has 176 valence electrons. The first-order valence-corrected chi connectivity index (χ1v) is 12.4. The van der Waals surface area contributed by atoms with Crippen LogP contribution in [-0.2, 0) is 19.1 Å². The summed E-state index contributed by atoms with van der Waals surface area (Å²) in [7, 11) is 0. The van der Waals surface area contributed by atoms with Gasteiger partial charge in [-0.2, -0.15) is 0 Å². The van der Waals surface area contributed by atoms with Crippen molar-refractivity contribution in [3.63, 3.8) is 0 Å². The second-order valence-electron chi connectivity index (χ2n) is 7.94. The summed E-state index contributed by atoms with van der Waals surface area (Å²) in [5, 5.41) is 0. The molecule has 0 fully saturated rings. The lowest BCUT2D eigenvalue weighted by molar-refractivity contribution is -0.140. The minimum atomic E-state index is -0.500. The van der Waals surface area contributed by atoms with Gasteiger partial charge in [-0.3, -0.25) is 0 Å². The van der Waals surface area contributed by atoms with Crippen LogP contribution >= 0.6 is 0 Å². The highest BCUT2D eigenvalue weighted by atomic mass is 16.5. The Balaban J connectivity index is 3.44. The van der Waals surface area contributed by atoms with Crippen LogP contribution in [0.4, 0.5) is 0 Å². The van der Waals surface area contributed by atoms with Gasteiger partial charge < -0.3 is 14.4 Å². The van der Waals surface area contributed by atoms with Gasteiger partial charge in [0.2, 0.25) is 0 Å². The molecule has 0 rings (SSSR count). The zero-order chi connectivity index (χ0) is 22.3. The van der Waals surface area contributed by atoms with E-state index in [1.165, 1.54) is 70.6 Å². The Hall–Kier alpha value is -1.36. The van der Waals surface area contributed by atoms with Crippen molar-refractivity contribution in [1.82, 2.24) is 4.90 Å². The summed E-state index contributed by atoms with van der Waals surface area (Å²) in [5.74, 6) is -0.977. The molecule has 0 bridgehead atoms. The normalized spacial score (nSPS) is 11.3. The van der Waals surface area contributed by atoms with Crippen molar-refractivity contribution in [1.29, 1.82) is 0 Å². The summed E-state index contributed by atoms with van der Waals surface area (Å²) < 4.78 is 10.2. The van der Waals surface area contributed by atoms with Crippen molar-refractivity contribution in [3.8, 4) is 0 Å². The molecule has 0 aliphatic carbocycles. The van der Waals surface area contributed by atoms with E-state index in [0.29, 0.717) is 19.8 Å². The number of carbonyl (C=O) groups excluding carboxylic acids is 2. The smallest absolute Gasteiger partial charge is 0.331 e. The lowest BCUT2D eigenvalue weighted by Gasteiger charge is -2.16. The highest BCUT2D eigenvalue weighted by molar-refractivity contribution is 5.91. The van der Waals surface area contributed by atoms with Crippen molar-refractivity contribution < 1.29 is 19.1 Å². The van der Waals surface area contributed by atoms with Gasteiger partial charge in [-0.05, 0) is 19.5 Å². The van der Waals surface area contributed by atoms with Crippen LogP contribution in [0, 0.1) is 0 Å². The van der Waals surface area contributed by atoms with E-state index in [1.807, 2.05) is 0 Å². The van der Waals surface area contributed by atoms with E-state index in [-0.39, 0.29) is 0 Å². The molecule has 0 radical (unpaired) electrons. The van der Waals surface area contributed by atoms with Crippen LogP contribution in [0.2, 0.25) is 0 Å². The first-order valence-electron chi connectivity index (χ1n) is 12.4. The molecule has 5 heteroatoms. The number of hydrogen-bond donors (Lipinski definition) is 0. The lowest BCUT2D eigenvalue weighted by Crippen LogP contribution is -2.27. The standard InChI is InChI=1S/C25H47NO4/c1-4-7-8-9-10-11-12-13-14-15-16-17-18-22-29-24(27)19-20-25(28)30-23-21-26(5-2)6-3/h19-20H,4-18,21-23H2,1-3H3/b20-19+. The van der Waals surface area contributed by atoms with Gasteiger partial charge in [0.1, 0.15) is 6.61 Å². The second-order valence-corrected chi connectivity index (χ2v) is 7.94. The molecule has 0 heterocycles. The van der Waals surface area contributed by atoms with E-state index in [4.69, 9.17) is 9.47 Å². The molecule has 0 saturated heterocycles. The van der Waals surface area contributed by atoms with Crippen LogP contribution in [0.1, 0.15) is 104 Å². The molecule has 0 N–H and O–H groups in total. The van der Waals surface area contributed by atoms with Crippen LogP contribution in [-0.4, -0.2) is 49.7 Å². The molecule has 0 aromatic carbocycles. The van der Waals surface area contributed by atoms with Crippen molar-refractivity contribution in [3.05, 3.63) is 12.2 Å². The number of esters is 2. The molecule has 30 heavy (non-hydrogen) atoms. The Morgan fingerprint density at radius 2 is 1.00 bits per heavy atom. The maximum atomic E-state index is 11.6. The molecule has 0 aromatic rings. The van der Waals surface area contributed by atoms with E-state index < -0.39 is 11.9 Å². The summed E-state index contributed by atoms with van der Waals surface area (Å²) in [4.78, 5) is 25.4. The molecule has 0 unspecified atom stereocenters. The minimum Gasteiger partial charge on any atom is -0.463 e. The van der Waals surface area contributed by atoms with Crippen LogP contribution in [0.15, 0.2) is 12.2 Å². The molecule has 0 aliphatic rings. The average Bonchev–Trinajstić information content (AvgIpc) is 2.75. The quantitative estimate of drug-likeness (QED) is 0.127. The largest absolute Gasteiger partial charge is 0.463 e. The first-order chi connectivity index (χ1) is 14.6. The number of ether oxygens (including phenoxy) is 2. The fourth-order valence-corrected chi connectivity index (χ4v) is 3.34. The van der Waals surface area contributed by atoms with Gasteiger partial charge in [-0.25, -0.2) is 9.59 Å². The molecular formula is C25H47NO4. The van der Waals surface area contributed by atoms with Gasteiger partial charge in [-0.15, -0.1) is 0 Å². The van der Waals surface area contributed by atoms with E-state index in [9.17, 15) is 9.59 Å². The molecule has 0 saturated carbocycles. The van der Waals surface area contributed by atoms with E-state index >= 15 is 0 Å². The Kier molecular flexibility index (Phi) is 21.3. The summed E-state index contributed by atoms with van der Waals surface area (Å²) in [6, 6.07) is 0. The van der Waals surface area contributed by atoms with Gasteiger partial charge in [0.05, 0.1) is 6.61 Å². The van der Waals surface area contributed by atoms with Gasteiger partial charge >= 0.3 is 11.9 Å². The van der Waals surface area contributed by atoms with Gasteiger partial charge in [0.25, 0.3) is 0 Å². The predicted octanol–water partition coefficient (Wildman–Crippen LogP) is 6.06. The van der Waals surface area contributed by atoms with Gasteiger partial charge in [-0.1, -0.05) is 97.8 Å². The summed E-state index contributed by atoms with van der Waals surface area (Å²) in [6.07, 6.45) is 19.1. The fourth-order valence-electron chi connectivity index (χ4n) is 3.34. The van der Waals surface area contributed by atoms with Crippen LogP contribution in [0.25, 0.3) is 0 Å². The van der Waals surface area contributed by atoms with Crippen LogP contribution < -0.4 is 0 Å². The third kappa shape index (κ3) is 19.9. The highest BCUT2D eigenvalue weighted by Crippen LogP contribution is 2.12. The third-order valence-electron chi connectivity index (χ3n) is 5.39. The van der Waals surface area contributed by atoms with Crippen molar-refractivity contribution >= 4 is 11.9 Å². The number of unbranched alkanes of at least 4 members (excludes halogenated alkanes) is 12. The van der Waals surface area contributed by atoms with Crippen LogP contribution in [0.3, 0.4) is 0 Å². The number of hydrogen-bond acceptors (Lipinski definition) is 5. The highest BCUT2D eigenvalue weighted by Gasteiger charge is 2.03. The maximum Gasteiger partial charge on any atom is 0.331 e. The van der Waals surface area contributed by atoms with Crippen molar-refractivity contribution in [2.24, 2.45) is 0 Å². The predicted molar refractivity (Wildman–Crippen MR) is 125 cm³/mol. The third-order valence-corrected chi connectivity index (χ3v) is 5.39. The average molecular weight is 426 g/mol. The molecule has 0 amide bonds. The molecule has 0 aliphatic heterocycles. The SMILES string of the molecule is CCCCCCCCCCCCCCCOC(=O)/C=C/C(=O)OCCN(CC)CC. The number of carbonyl (C=O) groups is 2. The second kappa shape index (κ2) is 22.3. The van der Waals surface area contributed by atoms with E-state index in [1.54, 1.807) is 0 Å². The number of rotatable bonds is 21. The summed E-state index contributed by atoms with van der Waals surface area (Å²) in [5.41, 5.74) is 0. The first kappa shape index (κ1) is 28.6. The zero-order valence-electron chi connectivity index (χ0n) is 20.0. The molecule has 5 nitrogen and oxygen atoms in total. The Morgan fingerprint density at radius 1 is 0.600 bits per heavy atom. The fraction of sp³-hybridized carbons (Fsp3) is 0.840. The van der Waals surface area contributed by atoms with Crippen LogP contribution in [0.5, 0.6) is 0 Å². The van der Waals surface area contributed by atoms with Gasteiger partial charge in [0.15, 0.2) is 0 Å². The molecule has 0 spiro atoms. The van der Waals surface area contributed by atoms with Crippen molar-refractivity contribution in [2.75, 3.05) is 32.8 Å². The molecule has 0 aromatic heterocycles. The number of nitrogens with zero attached hydrogens (tertiary/aromatic N) is 1. The monoisotopic (exact) mass is 425 g/mol. The lowest BCUT2D eigenvalue weighted by atomic mass is 10.0. The van der Waals surface area contributed by atoms with E-state index in [2.05, 4.69) is 25.7 Å². The zero-order valence-corrected chi connectivity index (χ0v) is 20.0. The number of likely N-dealkylation sites (N-methyl/N-ethyl adjacent to an activating group) is 1. The minimum absolute atomic E-state index is 0.332. The Morgan fingerprint density at radius 3 is 1.43 bits per heavy atom. The topological polar surface area (TPSA) is 55.8 Å². The van der Waals surface area contributed by atoms with Gasteiger partial charge in [0, 0.05) is 18.7 Å². The maximum absolute atomic E-state index is 11.6. The Labute approximate surface area is 185 Å². The van der Waals surface area contributed by atoms with E-state index in [0.717, 1.165) is 38.1 Å². The molecule has 0 atom stereocenters. The summed E-state index contributed by atoms with van der Waals surface area (Å²) >= 11 is 0. The molecular weight excluding hydrogens is 378 g/mol. The van der Waals surface area contributed by atoms with Crippen molar-refractivity contribution in [2.45, 2.75) is 104 Å². The summed E-state index contributed by atoms with van der Waals surface area (Å²) in [6.45, 7) is 9.70. The Bertz CT molecular complexity index is 433.